The SMILES string of the molecule is O=C(O)c1ccc(OCC=Cc2ccccc2)cc1. The Bertz CT molecular complexity index is 556. The highest BCUT2D eigenvalue weighted by atomic mass is 16.5. The fourth-order valence-electron chi connectivity index (χ4n) is 1.59. The molecule has 2 rings (SSSR count). The largest absolute Gasteiger partial charge is 0.490 e. The van der Waals surface area contributed by atoms with Crippen molar-refractivity contribution in [2.45, 2.75) is 0 Å². The fraction of sp³-hybridized carbons (Fsp3) is 0.0625. The molecule has 2 aromatic carbocycles. The van der Waals surface area contributed by atoms with Crippen LogP contribution in [0.5, 0.6) is 5.75 Å². The van der Waals surface area contributed by atoms with Gasteiger partial charge in [-0.05, 0) is 35.9 Å². The molecule has 0 radical (unpaired) electrons. The second kappa shape index (κ2) is 6.40. The van der Waals surface area contributed by atoms with E-state index in [9.17, 15) is 4.79 Å². The van der Waals surface area contributed by atoms with Crippen molar-refractivity contribution in [1.29, 1.82) is 0 Å². The zero-order valence-electron chi connectivity index (χ0n) is 10.3. The zero-order chi connectivity index (χ0) is 13.5. The van der Waals surface area contributed by atoms with Gasteiger partial charge < -0.3 is 9.84 Å². The number of carboxylic acids is 1. The number of carboxylic acid groups (broad SMARTS) is 1. The van der Waals surface area contributed by atoms with E-state index in [4.69, 9.17) is 9.84 Å². The summed E-state index contributed by atoms with van der Waals surface area (Å²) in [5.41, 5.74) is 1.37. The topological polar surface area (TPSA) is 46.5 Å². The van der Waals surface area contributed by atoms with Crippen molar-refractivity contribution in [2.24, 2.45) is 0 Å². The van der Waals surface area contributed by atoms with Crippen molar-refractivity contribution in [3.05, 3.63) is 71.8 Å². The molecule has 0 saturated carbocycles. The first-order chi connectivity index (χ1) is 9.25. The molecule has 3 nitrogen and oxygen atoms in total. The van der Waals surface area contributed by atoms with Gasteiger partial charge in [0.15, 0.2) is 0 Å². The summed E-state index contributed by atoms with van der Waals surface area (Å²) in [6, 6.07) is 16.3. The monoisotopic (exact) mass is 254 g/mol. The number of hydrogen-bond acceptors (Lipinski definition) is 2. The Morgan fingerprint density at radius 3 is 2.37 bits per heavy atom. The number of hydrogen-bond donors (Lipinski definition) is 1. The normalized spacial score (nSPS) is 10.5. The third-order valence-electron chi connectivity index (χ3n) is 2.56. The van der Waals surface area contributed by atoms with Crippen LogP contribution in [0, 0.1) is 0 Å². The molecule has 0 aliphatic heterocycles. The molecule has 0 bridgehead atoms. The average molecular weight is 254 g/mol. The van der Waals surface area contributed by atoms with Gasteiger partial charge in [-0.1, -0.05) is 36.4 Å². The molecule has 0 atom stereocenters. The van der Waals surface area contributed by atoms with Gasteiger partial charge >= 0.3 is 5.97 Å². The van der Waals surface area contributed by atoms with Crippen LogP contribution in [0.1, 0.15) is 15.9 Å². The lowest BCUT2D eigenvalue weighted by atomic mass is 10.2. The smallest absolute Gasteiger partial charge is 0.335 e. The molecule has 0 fully saturated rings. The quantitative estimate of drug-likeness (QED) is 0.888. The molecule has 0 aromatic heterocycles. The summed E-state index contributed by atoms with van der Waals surface area (Å²) in [5.74, 6) is -0.279. The minimum atomic E-state index is -0.935. The van der Waals surface area contributed by atoms with Gasteiger partial charge in [0, 0.05) is 0 Å². The highest BCUT2D eigenvalue weighted by molar-refractivity contribution is 5.87. The fourth-order valence-corrected chi connectivity index (χ4v) is 1.59. The summed E-state index contributed by atoms with van der Waals surface area (Å²) in [7, 11) is 0. The Morgan fingerprint density at radius 2 is 1.74 bits per heavy atom. The van der Waals surface area contributed by atoms with Crippen molar-refractivity contribution in [2.75, 3.05) is 6.61 Å². The molecular weight excluding hydrogens is 240 g/mol. The highest BCUT2D eigenvalue weighted by Gasteiger charge is 2.01. The minimum absolute atomic E-state index is 0.257. The van der Waals surface area contributed by atoms with Crippen LogP contribution in [-0.4, -0.2) is 17.7 Å². The van der Waals surface area contributed by atoms with E-state index in [0.29, 0.717) is 12.4 Å². The lowest BCUT2D eigenvalue weighted by Crippen LogP contribution is -1.97. The first-order valence-electron chi connectivity index (χ1n) is 5.93. The van der Waals surface area contributed by atoms with Crippen molar-refractivity contribution >= 4 is 12.0 Å². The number of aromatic carboxylic acids is 1. The molecule has 0 aliphatic carbocycles. The Labute approximate surface area is 111 Å². The summed E-state index contributed by atoms with van der Waals surface area (Å²) >= 11 is 0. The zero-order valence-corrected chi connectivity index (χ0v) is 10.3. The van der Waals surface area contributed by atoms with Gasteiger partial charge in [0.05, 0.1) is 5.56 Å². The van der Waals surface area contributed by atoms with Crippen molar-refractivity contribution in [3.63, 3.8) is 0 Å². The van der Waals surface area contributed by atoms with E-state index in [2.05, 4.69) is 0 Å². The van der Waals surface area contributed by atoms with E-state index in [1.54, 1.807) is 12.1 Å². The van der Waals surface area contributed by atoms with Gasteiger partial charge in [0.25, 0.3) is 0 Å². The molecule has 96 valence electrons. The number of rotatable bonds is 5. The summed E-state index contributed by atoms with van der Waals surface area (Å²) in [4.78, 5) is 10.7. The molecule has 0 spiro atoms. The molecule has 19 heavy (non-hydrogen) atoms. The van der Waals surface area contributed by atoms with Crippen molar-refractivity contribution < 1.29 is 14.6 Å². The van der Waals surface area contributed by atoms with Crippen LogP contribution in [0.25, 0.3) is 6.08 Å². The molecule has 0 heterocycles. The van der Waals surface area contributed by atoms with Crippen LogP contribution in [-0.2, 0) is 0 Å². The second-order valence-corrected chi connectivity index (χ2v) is 3.95. The van der Waals surface area contributed by atoms with E-state index < -0.39 is 5.97 Å². The van der Waals surface area contributed by atoms with Gasteiger partial charge in [-0.15, -0.1) is 0 Å². The molecule has 0 saturated heterocycles. The maximum atomic E-state index is 10.7. The molecule has 0 unspecified atom stereocenters. The first-order valence-corrected chi connectivity index (χ1v) is 5.93. The molecule has 2 aromatic rings. The minimum Gasteiger partial charge on any atom is -0.490 e. The predicted octanol–water partition coefficient (Wildman–Crippen LogP) is 3.48. The summed E-state index contributed by atoms with van der Waals surface area (Å²) in [5, 5.41) is 8.76. The molecule has 0 amide bonds. The molecular formula is C16H14O3. The number of carbonyl (C=O) groups is 1. The maximum absolute atomic E-state index is 10.7. The van der Waals surface area contributed by atoms with E-state index >= 15 is 0 Å². The van der Waals surface area contributed by atoms with E-state index in [1.165, 1.54) is 12.1 Å². The lowest BCUT2D eigenvalue weighted by molar-refractivity contribution is 0.0697. The predicted molar refractivity (Wildman–Crippen MR) is 74.4 cm³/mol. The number of benzene rings is 2. The first kappa shape index (κ1) is 12.9. The third kappa shape index (κ3) is 4.00. The standard InChI is InChI=1S/C16H14O3/c17-16(18)14-8-10-15(11-9-14)19-12-4-7-13-5-2-1-3-6-13/h1-11H,12H2,(H,17,18). The van der Waals surface area contributed by atoms with E-state index in [0.717, 1.165) is 5.56 Å². The van der Waals surface area contributed by atoms with Crippen LogP contribution < -0.4 is 4.74 Å². The Hall–Kier alpha value is -2.55. The van der Waals surface area contributed by atoms with E-state index in [-0.39, 0.29) is 5.56 Å². The van der Waals surface area contributed by atoms with Crippen LogP contribution in [0.3, 0.4) is 0 Å². The van der Waals surface area contributed by atoms with E-state index in [1.807, 2.05) is 42.5 Å². The summed E-state index contributed by atoms with van der Waals surface area (Å²) in [6.45, 7) is 0.446. The lowest BCUT2D eigenvalue weighted by Gasteiger charge is -2.03. The Balaban J connectivity index is 1.86. The van der Waals surface area contributed by atoms with Gasteiger partial charge in [0.1, 0.15) is 12.4 Å². The van der Waals surface area contributed by atoms with Crippen LogP contribution in [0.4, 0.5) is 0 Å². The Morgan fingerprint density at radius 1 is 1.05 bits per heavy atom. The van der Waals surface area contributed by atoms with Gasteiger partial charge in [0.2, 0.25) is 0 Å². The van der Waals surface area contributed by atoms with Crippen molar-refractivity contribution in [1.82, 2.24) is 0 Å². The average Bonchev–Trinajstić information content (AvgIpc) is 2.45. The van der Waals surface area contributed by atoms with Crippen molar-refractivity contribution in [3.8, 4) is 5.75 Å². The molecule has 0 aliphatic rings. The molecule has 1 N–H and O–H groups in total. The van der Waals surface area contributed by atoms with Crippen LogP contribution in [0.15, 0.2) is 60.7 Å². The summed E-state index contributed by atoms with van der Waals surface area (Å²) in [6.07, 6.45) is 3.89. The number of ether oxygens (including phenoxy) is 1. The summed E-state index contributed by atoms with van der Waals surface area (Å²) < 4.78 is 5.48. The maximum Gasteiger partial charge on any atom is 0.335 e. The van der Waals surface area contributed by atoms with Crippen LogP contribution >= 0.6 is 0 Å². The molecule has 3 heteroatoms. The van der Waals surface area contributed by atoms with Gasteiger partial charge in [-0.3, -0.25) is 0 Å². The Kier molecular flexibility index (Phi) is 4.34. The third-order valence-corrected chi connectivity index (χ3v) is 2.56. The van der Waals surface area contributed by atoms with Crippen LogP contribution in [0.2, 0.25) is 0 Å². The van der Waals surface area contributed by atoms with Gasteiger partial charge in [-0.25, -0.2) is 4.79 Å². The second-order valence-electron chi connectivity index (χ2n) is 3.95. The van der Waals surface area contributed by atoms with Gasteiger partial charge in [-0.2, -0.15) is 0 Å². The highest BCUT2D eigenvalue weighted by Crippen LogP contribution is 2.12.